The molecule has 0 radical (unpaired) electrons. The van der Waals surface area contributed by atoms with E-state index in [1.54, 1.807) is 4.68 Å². The molecule has 1 atom stereocenters. The molecule has 20 heavy (non-hydrogen) atoms. The van der Waals surface area contributed by atoms with Crippen LogP contribution in [-0.2, 0) is 10.0 Å². The second-order valence-electron chi connectivity index (χ2n) is 5.11. The van der Waals surface area contributed by atoms with Gasteiger partial charge in [0.15, 0.2) is 0 Å². The highest BCUT2D eigenvalue weighted by Crippen LogP contribution is 2.13. The second-order valence-corrected chi connectivity index (χ2v) is 6.82. The summed E-state index contributed by atoms with van der Waals surface area (Å²) in [5.74, 6) is 0.231. The molecule has 0 saturated carbocycles. The molecule has 1 N–H and O–H groups in total. The van der Waals surface area contributed by atoms with Gasteiger partial charge in [0.1, 0.15) is 4.90 Å². The van der Waals surface area contributed by atoms with Crippen molar-refractivity contribution in [1.29, 1.82) is 0 Å². The summed E-state index contributed by atoms with van der Waals surface area (Å²) >= 11 is 0. The lowest BCUT2D eigenvalue weighted by Crippen LogP contribution is -2.35. The average Bonchev–Trinajstić information content (AvgIpc) is 2.89. The Hall–Kier alpha value is -1.66. The van der Waals surface area contributed by atoms with Crippen LogP contribution in [0.3, 0.4) is 0 Å². The normalized spacial score (nSPS) is 13.6. The van der Waals surface area contributed by atoms with Gasteiger partial charge in [0.05, 0.1) is 18.1 Å². The molecule has 1 heterocycles. The van der Waals surface area contributed by atoms with E-state index in [0.717, 1.165) is 5.69 Å². The third-order valence-electron chi connectivity index (χ3n) is 3.23. The Morgan fingerprint density at radius 2 is 1.80 bits per heavy atom. The van der Waals surface area contributed by atoms with Gasteiger partial charge in [-0.15, -0.1) is 0 Å². The Kier molecular flexibility index (Phi) is 4.25. The Morgan fingerprint density at radius 1 is 1.15 bits per heavy atom. The zero-order valence-electron chi connectivity index (χ0n) is 11.8. The topological polar surface area (TPSA) is 64.0 Å². The Balaban J connectivity index is 2.24. The van der Waals surface area contributed by atoms with Gasteiger partial charge in [-0.2, -0.15) is 5.10 Å². The monoisotopic (exact) mass is 293 g/mol. The van der Waals surface area contributed by atoms with Gasteiger partial charge >= 0.3 is 0 Å². The van der Waals surface area contributed by atoms with Crippen LogP contribution in [0.25, 0.3) is 5.69 Å². The number of benzene rings is 1. The summed E-state index contributed by atoms with van der Waals surface area (Å²) in [6, 6.07) is 9.27. The molecule has 2 aromatic rings. The van der Waals surface area contributed by atoms with Crippen molar-refractivity contribution in [1.82, 2.24) is 14.5 Å². The molecule has 0 bridgehead atoms. The molecule has 0 fully saturated rings. The zero-order chi connectivity index (χ0) is 14.8. The molecule has 0 aliphatic heterocycles. The summed E-state index contributed by atoms with van der Waals surface area (Å²) < 4.78 is 28.7. The maximum absolute atomic E-state index is 12.2. The van der Waals surface area contributed by atoms with Crippen LogP contribution in [0.1, 0.15) is 20.8 Å². The van der Waals surface area contributed by atoms with Crippen molar-refractivity contribution in [2.45, 2.75) is 31.7 Å². The van der Waals surface area contributed by atoms with Crippen molar-refractivity contribution >= 4 is 10.0 Å². The smallest absolute Gasteiger partial charge is 0.240 e. The SMILES string of the molecule is CC(C)[C@H](C)NS(=O)(=O)c1cnn(-c2ccccc2)c1. The van der Waals surface area contributed by atoms with Gasteiger partial charge < -0.3 is 0 Å². The zero-order valence-corrected chi connectivity index (χ0v) is 12.6. The van der Waals surface area contributed by atoms with Gasteiger partial charge in [-0.1, -0.05) is 32.0 Å². The highest BCUT2D eigenvalue weighted by Gasteiger charge is 2.21. The number of sulfonamides is 1. The molecule has 108 valence electrons. The van der Waals surface area contributed by atoms with Crippen LogP contribution in [0.4, 0.5) is 0 Å². The maximum Gasteiger partial charge on any atom is 0.243 e. The minimum atomic E-state index is -3.53. The molecule has 0 aliphatic rings. The molecule has 2 rings (SSSR count). The molecular weight excluding hydrogens is 274 g/mol. The molecule has 0 saturated heterocycles. The predicted molar refractivity (Wildman–Crippen MR) is 78.2 cm³/mol. The van der Waals surface area contributed by atoms with Crippen molar-refractivity contribution in [3.05, 3.63) is 42.7 Å². The van der Waals surface area contributed by atoms with Gasteiger partial charge in [0, 0.05) is 6.04 Å². The van der Waals surface area contributed by atoms with Gasteiger partial charge in [0.25, 0.3) is 0 Å². The molecule has 0 spiro atoms. The van der Waals surface area contributed by atoms with E-state index in [1.807, 2.05) is 51.1 Å². The van der Waals surface area contributed by atoms with Gasteiger partial charge in [0.2, 0.25) is 10.0 Å². The van der Waals surface area contributed by atoms with Crippen LogP contribution < -0.4 is 4.72 Å². The van der Waals surface area contributed by atoms with Crippen LogP contribution in [0, 0.1) is 5.92 Å². The van der Waals surface area contributed by atoms with Crippen molar-refractivity contribution in [2.75, 3.05) is 0 Å². The average molecular weight is 293 g/mol. The minimum absolute atomic E-state index is 0.125. The van der Waals surface area contributed by atoms with Crippen LogP contribution in [0.2, 0.25) is 0 Å². The van der Waals surface area contributed by atoms with Crippen LogP contribution in [-0.4, -0.2) is 24.2 Å². The third kappa shape index (κ3) is 3.26. The van der Waals surface area contributed by atoms with E-state index in [0.29, 0.717) is 0 Å². The second kappa shape index (κ2) is 5.76. The highest BCUT2D eigenvalue weighted by molar-refractivity contribution is 7.89. The fourth-order valence-electron chi connectivity index (χ4n) is 1.62. The number of rotatable bonds is 5. The van der Waals surface area contributed by atoms with E-state index < -0.39 is 10.0 Å². The summed E-state index contributed by atoms with van der Waals surface area (Å²) in [6.07, 6.45) is 2.88. The van der Waals surface area contributed by atoms with E-state index in [9.17, 15) is 8.42 Å². The molecule has 5 nitrogen and oxygen atoms in total. The first-order valence-electron chi connectivity index (χ1n) is 6.52. The Labute approximate surface area is 119 Å². The van der Waals surface area contributed by atoms with Crippen LogP contribution in [0.15, 0.2) is 47.6 Å². The Bertz CT molecular complexity index is 663. The van der Waals surface area contributed by atoms with Gasteiger partial charge in [-0.25, -0.2) is 17.8 Å². The molecule has 6 heteroatoms. The van der Waals surface area contributed by atoms with E-state index in [-0.39, 0.29) is 16.9 Å². The summed E-state index contributed by atoms with van der Waals surface area (Å²) in [5.41, 5.74) is 0.825. The van der Waals surface area contributed by atoms with E-state index in [1.165, 1.54) is 12.4 Å². The lowest BCUT2D eigenvalue weighted by Gasteiger charge is -2.16. The summed E-state index contributed by atoms with van der Waals surface area (Å²) in [6.45, 7) is 5.80. The third-order valence-corrected chi connectivity index (χ3v) is 4.74. The molecule has 1 aromatic heterocycles. The molecule has 1 aromatic carbocycles. The first-order chi connectivity index (χ1) is 9.40. The number of hydrogen-bond acceptors (Lipinski definition) is 3. The minimum Gasteiger partial charge on any atom is -0.240 e. The van der Waals surface area contributed by atoms with Crippen molar-refractivity contribution < 1.29 is 8.42 Å². The van der Waals surface area contributed by atoms with Gasteiger partial charge in [-0.05, 0) is 25.0 Å². The summed E-state index contributed by atoms with van der Waals surface area (Å²) in [4.78, 5) is 0.175. The summed E-state index contributed by atoms with van der Waals surface area (Å²) in [7, 11) is -3.53. The largest absolute Gasteiger partial charge is 0.243 e. The fourth-order valence-corrected chi connectivity index (χ4v) is 2.94. The first kappa shape index (κ1) is 14.7. The summed E-state index contributed by atoms with van der Waals surface area (Å²) in [5, 5.41) is 4.10. The molecule has 0 amide bonds. The van der Waals surface area contributed by atoms with E-state index >= 15 is 0 Å². The molecular formula is C14H19N3O2S. The van der Waals surface area contributed by atoms with Crippen molar-refractivity contribution in [3.8, 4) is 5.69 Å². The van der Waals surface area contributed by atoms with Crippen molar-refractivity contribution in [2.24, 2.45) is 5.92 Å². The number of para-hydroxylation sites is 1. The quantitative estimate of drug-likeness (QED) is 0.919. The molecule has 0 aliphatic carbocycles. The number of nitrogens with zero attached hydrogens (tertiary/aromatic N) is 2. The number of hydrogen-bond donors (Lipinski definition) is 1. The lowest BCUT2D eigenvalue weighted by molar-refractivity contribution is 0.476. The van der Waals surface area contributed by atoms with Gasteiger partial charge in [-0.3, -0.25) is 0 Å². The highest BCUT2D eigenvalue weighted by atomic mass is 32.2. The van der Waals surface area contributed by atoms with Crippen molar-refractivity contribution in [3.63, 3.8) is 0 Å². The van der Waals surface area contributed by atoms with E-state index in [4.69, 9.17) is 0 Å². The fraction of sp³-hybridized carbons (Fsp3) is 0.357. The Morgan fingerprint density at radius 3 is 2.40 bits per heavy atom. The predicted octanol–water partition coefficient (Wildman–Crippen LogP) is 2.20. The first-order valence-corrected chi connectivity index (χ1v) is 8.01. The number of aromatic nitrogens is 2. The number of nitrogens with one attached hydrogen (secondary N) is 1. The standard InChI is InChI=1S/C14H19N3O2S/c1-11(2)12(3)16-20(18,19)14-9-15-17(10-14)13-7-5-4-6-8-13/h4-12,16H,1-3H3/t12-/m0/s1. The molecule has 0 unspecified atom stereocenters. The van der Waals surface area contributed by atoms with E-state index in [2.05, 4.69) is 9.82 Å². The maximum atomic E-state index is 12.2. The lowest BCUT2D eigenvalue weighted by atomic mass is 10.1. The van der Waals surface area contributed by atoms with Crippen LogP contribution in [0.5, 0.6) is 0 Å². The van der Waals surface area contributed by atoms with Crippen LogP contribution >= 0.6 is 0 Å².